The van der Waals surface area contributed by atoms with Crippen molar-refractivity contribution in [3.8, 4) is 0 Å². The van der Waals surface area contributed by atoms with E-state index in [1.165, 1.54) is 18.4 Å². The van der Waals surface area contributed by atoms with Gasteiger partial charge >= 0.3 is 0 Å². The molecule has 0 heteroatoms. The third kappa shape index (κ3) is 4.33. The molecule has 0 bridgehead atoms. The monoisotopic (exact) mass is 202 g/mol. The molecular weight excluding hydrogens is 180 g/mol. The molecule has 0 nitrogen and oxygen atoms in total. The number of hydrogen-bond donors (Lipinski definition) is 0. The second-order valence-electron chi connectivity index (χ2n) is 4.36. The predicted octanol–water partition coefficient (Wildman–Crippen LogP) is 4.67. The van der Waals surface area contributed by atoms with Crippen LogP contribution < -0.4 is 0 Å². The Balaban J connectivity index is 2.42. The first-order valence-corrected chi connectivity index (χ1v) is 5.94. The van der Waals surface area contributed by atoms with Crippen LogP contribution in [0.5, 0.6) is 0 Å². The van der Waals surface area contributed by atoms with E-state index in [0.717, 1.165) is 0 Å². The molecule has 0 N–H and O–H groups in total. The van der Waals surface area contributed by atoms with Crippen LogP contribution in [-0.2, 0) is 0 Å². The molecule has 0 amide bonds. The lowest BCUT2D eigenvalue weighted by atomic mass is 10.0. The van der Waals surface area contributed by atoms with Crippen molar-refractivity contribution < 1.29 is 0 Å². The zero-order chi connectivity index (χ0) is 11.1. The van der Waals surface area contributed by atoms with Gasteiger partial charge in [0.15, 0.2) is 0 Å². The van der Waals surface area contributed by atoms with Gasteiger partial charge in [0.2, 0.25) is 0 Å². The highest BCUT2D eigenvalue weighted by Crippen LogP contribution is 2.18. The molecule has 82 valence electrons. The van der Waals surface area contributed by atoms with Crippen LogP contribution in [0, 0.1) is 11.8 Å². The molecule has 0 radical (unpaired) electrons. The van der Waals surface area contributed by atoms with E-state index in [1.807, 2.05) is 0 Å². The highest BCUT2D eigenvalue weighted by molar-refractivity contribution is 5.29. The van der Waals surface area contributed by atoms with Crippen LogP contribution in [0.1, 0.15) is 33.6 Å². The van der Waals surface area contributed by atoms with Crippen molar-refractivity contribution >= 4 is 0 Å². The van der Waals surface area contributed by atoms with Gasteiger partial charge in [0.1, 0.15) is 0 Å². The average Bonchev–Trinajstić information content (AvgIpc) is 2.70. The van der Waals surface area contributed by atoms with Gasteiger partial charge in [-0.1, -0.05) is 68.4 Å². The van der Waals surface area contributed by atoms with Gasteiger partial charge in [-0.05, 0) is 19.3 Å². The van der Waals surface area contributed by atoms with Gasteiger partial charge in [-0.25, -0.2) is 0 Å². The molecule has 1 atom stereocenters. The van der Waals surface area contributed by atoms with Crippen molar-refractivity contribution in [1.29, 1.82) is 0 Å². The average molecular weight is 202 g/mol. The van der Waals surface area contributed by atoms with E-state index < -0.39 is 0 Å². The molecule has 0 aromatic carbocycles. The summed E-state index contributed by atoms with van der Waals surface area (Å²) in [5.74, 6) is 1.23. The van der Waals surface area contributed by atoms with Crippen molar-refractivity contribution in [3.63, 3.8) is 0 Å². The van der Waals surface area contributed by atoms with Gasteiger partial charge in [0, 0.05) is 5.92 Å². The Morgan fingerprint density at radius 3 is 2.60 bits per heavy atom. The van der Waals surface area contributed by atoms with Crippen LogP contribution in [0.3, 0.4) is 0 Å². The van der Waals surface area contributed by atoms with Crippen LogP contribution in [-0.4, -0.2) is 0 Å². The van der Waals surface area contributed by atoms with Gasteiger partial charge in [0.05, 0.1) is 0 Å². The molecule has 0 aromatic heterocycles. The fourth-order valence-corrected chi connectivity index (χ4v) is 1.80. The molecular formula is C15H22. The van der Waals surface area contributed by atoms with Crippen LogP contribution in [0.15, 0.2) is 48.1 Å². The van der Waals surface area contributed by atoms with E-state index in [1.54, 1.807) is 0 Å². The van der Waals surface area contributed by atoms with Crippen LogP contribution in [0.4, 0.5) is 0 Å². The molecule has 0 aliphatic heterocycles. The van der Waals surface area contributed by atoms with Gasteiger partial charge in [-0.15, -0.1) is 0 Å². The normalized spacial score (nSPS) is 19.3. The Morgan fingerprint density at radius 2 is 2.00 bits per heavy atom. The minimum atomic E-state index is 0.524. The van der Waals surface area contributed by atoms with Crippen LogP contribution in [0.25, 0.3) is 0 Å². The minimum Gasteiger partial charge on any atom is -0.0817 e. The van der Waals surface area contributed by atoms with Gasteiger partial charge in [0.25, 0.3) is 0 Å². The lowest BCUT2D eigenvalue weighted by molar-refractivity contribution is 0.634. The topological polar surface area (TPSA) is 0 Å². The lowest BCUT2D eigenvalue weighted by Crippen LogP contribution is -1.90. The summed E-state index contributed by atoms with van der Waals surface area (Å²) < 4.78 is 0. The summed E-state index contributed by atoms with van der Waals surface area (Å²) in [6, 6.07) is 0. The first-order chi connectivity index (χ1) is 7.24. The van der Waals surface area contributed by atoms with E-state index in [4.69, 9.17) is 0 Å². The quantitative estimate of drug-likeness (QED) is 0.568. The molecule has 15 heavy (non-hydrogen) atoms. The summed E-state index contributed by atoms with van der Waals surface area (Å²) in [6.07, 6.45) is 18.0. The van der Waals surface area contributed by atoms with Gasteiger partial charge in [-0.3, -0.25) is 0 Å². The first-order valence-electron chi connectivity index (χ1n) is 5.94. The Hall–Kier alpha value is -1.04. The Morgan fingerprint density at radius 1 is 1.33 bits per heavy atom. The van der Waals surface area contributed by atoms with Gasteiger partial charge < -0.3 is 0 Å². The van der Waals surface area contributed by atoms with E-state index in [9.17, 15) is 0 Å². The smallest absolute Gasteiger partial charge is 0.0163 e. The zero-order valence-corrected chi connectivity index (χ0v) is 10.1. The highest BCUT2D eigenvalue weighted by Gasteiger charge is 2.03. The maximum atomic E-state index is 2.30. The maximum Gasteiger partial charge on any atom is 0.0163 e. The predicted molar refractivity (Wildman–Crippen MR) is 68.7 cm³/mol. The minimum absolute atomic E-state index is 0.524. The third-order valence-corrected chi connectivity index (χ3v) is 2.82. The van der Waals surface area contributed by atoms with Crippen molar-refractivity contribution in [1.82, 2.24) is 0 Å². The number of allylic oxidation sites excluding steroid dienone is 8. The molecule has 0 unspecified atom stereocenters. The summed E-state index contributed by atoms with van der Waals surface area (Å²) in [5.41, 5.74) is 1.42. The molecule has 0 fully saturated rings. The second-order valence-corrected chi connectivity index (χ2v) is 4.36. The lowest BCUT2D eigenvalue weighted by Gasteiger charge is -2.04. The van der Waals surface area contributed by atoms with E-state index >= 15 is 0 Å². The van der Waals surface area contributed by atoms with Crippen molar-refractivity contribution in [2.75, 3.05) is 0 Å². The van der Waals surface area contributed by atoms with Crippen molar-refractivity contribution in [3.05, 3.63) is 48.1 Å². The maximum absolute atomic E-state index is 2.30. The summed E-state index contributed by atoms with van der Waals surface area (Å²) in [4.78, 5) is 0. The Kier molecular flexibility index (Phi) is 5.17. The first kappa shape index (κ1) is 12.0. The molecule has 1 rings (SSSR count). The van der Waals surface area contributed by atoms with Crippen molar-refractivity contribution in [2.24, 2.45) is 11.8 Å². The molecule has 1 aliphatic rings. The fourth-order valence-electron chi connectivity index (χ4n) is 1.80. The summed E-state index contributed by atoms with van der Waals surface area (Å²) >= 11 is 0. The summed E-state index contributed by atoms with van der Waals surface area (Å²) in [6.45, 7) is 6.71. The number of hydrogen-bond acceptors (Lipinski definition) is 0. The molecule has 1 aliphatic carbocycles. The molecule has 0 saturated heterocycles. The molecule has 0 aromatic rings. The molecule has 0 heterocycles. The third-order valence-electron chi connectivity index (χ3n) is 2.82. The standard InChI is InChI=1S/C15H22/c1-4-8-13(2)9-7-10-14(3)15-11-5-6-12-15/h5-7,9-13,15H,4,8H2,1-3H3/b9-7+,14-10+/t13-/m1/s1. The van der Waals surface area contributed by atoms with Crippen molar-refractivity contribution in [2.45, 2.75) is 33.6 Å². The van der Waals surface area contributed by atoms with Gasteiger partial charge in [-0.2, -0.15) is 0 Å². The van der Waals surface area contributed by atoms with E-state index in [2.05, 4.69) is 63.3 Å². The summed E-state index contributed by atoms with van der Waals surface area (Å²) in [5, 5.41) is 0. The van der Waals surface area contributed by atoms with E-state index in [0.29, 0.717) is 11.8 Å². The highest BCUT2D eigenvalue weighted by atomic mass is 14.1. The number of rotatable bonds is 5. The Labute approximate surface area is 94.1 Å². The largest absolute Gasteiger partial charge is 0.0817 e. The second kappa shape index (κ2) is 6.44. The molecule has 0 saturated carbocycles. The SMILES string of the molecule is CCC[C@@H](C)/C=C/C=C(\C)C1C=CC=C1. The van der Waals surface area contributed by atoms with Crippen LogP contribution in [0.2, 0.25) is 0 Å². The van der Waals surface area contributed by atoms with Crippen LogP contribution >= 0.6 is 0 Å². The molecule has 0 spiro atoms. The fraction of sp³-hybridized carbons (Fsp3) is 0.467. The Bertz CT molecular complexity index is 277. The summed E-state index contributed by atoms with van der Waals surface area (Å²) in [7, 11) is 0. The zero-order valence-electron chi connectivity index (χ0n) is 10.1. The van der Waals surface area contributed by atoms with E-state index in [-0.39, 0.29) is 0 Å².